The van der Waals surface area contributed by atoms with E-state index >= 15 is 0 Å². The number of aliphatic hydroxyl groups is 1. The Morgan fingerprint density at radius 1 is 1.41 bits per heavy atom. The average molecular weight is 257 g/mol. The molecule has 0 heterocycles. The van der Waals surface area contributed by atoms with Crippen molar-refractivity contribution in [2.75, 3.05) is 19.8 Å². The van der Waals surface area contributed by atoms with Crippen LogP contribution in [0.2, 0.25) is 0 Å². The number of carbonyl (C=O) groups is 1. The molecule has 0 aromatic heterocycles. The average Bonchev–Trinajstić information content (AvgIpc) is 2.20. The molecule has 0 aliphatic heterocycles. The lowest BCUT2D eigenvalue weighted by molar-refractivity contribution is -0.174. The molecule has 17 heavy (non-hydrogen) atoms. The molecule has 7 heteroatoms. The van der Waals surface area contributed by atoms with E-state index in [1.807, 2.05) is 0 Å². The lowest BCUT2D eigenvalue weighted by Gasteiger charge is -2.21. The molecule has 0 saturated heterocycles. The van der Waals surface area contributed by atoms with Crippen LogP contribution in [-0.2, 0) is 9.53 Å². The number of carbonyl (C=O) groups excluding carboxylic acids is 1. The summed E-state index contributed by atoms with van der Waals surface area (Å²) in [7, 11) is 0. The van der Waals surface area contributed by atoms with E-state index in [1.165, 1.54) is 0 Å². The summed E-state index contributed by atoms with van der Waals surface area (Å²) in [6.07, 6.45) is -4.06. The molecule has 1 unspecified atom stereocenters. The number of halogens is 3. The SMILES string of the molecule is CCC(C)(O)CNC(=O)CCOCC(F)(F)F. The van der Waals surface area contributed by atoms with Gasteiger partial charge in [-0.15, -0.1) is 0 Å². The van der Waals surface area contributed by atoms with Gasteiger partial charge in [-0.1, -0.05) is 6.92 Å². The quantitative estimate of drug-likeness (QED) is 0.674. The summed E-state index contributed by atoms with van der Waals surface area (Å²) in [5.74, 6) is -0.444. The molecule has 0 fully saturated rings. The molecule has 0 bridgehead atoms. The summed E-state index contributed by atoms with van der Waals surface area (Å²) in [6.45, 7) is 1.75. The van der Waals surface area contributed by atoms with E-state index < -0.39 is 24.3 Å². The Hall–Kier alpha value is -0.820. The molecule has 0 aromatic rings. The van der Waals surface area contributed by atoms with Crippen molar-refractivity contribution < 1.29 is 27.8 Å². The highest BCUT2D eigenvalue weighted by molar-refractivity contribution is 5.76. The van der Waals surface area contributed by atoms with Crippen LogP contribution in [0, 0.1) is 0 Å². The van der Waals surface area contributed by atoms with Crippen LogP contribution in [0.15, 0.2) is 0 Å². The van der Waals surface area contributed by atoms with Crippen molar-refractivity contribution in [3.8, 4) is 0 Å². The fourth-order valence-corrected chi connectivity index (χ4v) is 0.855. The van der Waals surface area contributed by atoms with Crippen molar-refractivity contribution in [1.29, 1.82) is 0 Å². The van der Waals surface area contributed by atoms with Crippen molar-refractivity contribution in [2.24, 2.45) is 0 Å². The van der Waals surface area contributed by atoms with E-state index in [0.717, 1.165) is 0 Å². The van der Waals surface area contributed by atoms with Gasteiger partial charge in [-0.25, -0.2) is 0 Å². The molecule has 0 aliphatic carbocycles. The number of alkyl halides is 3. The first-order valence-electron chi connectivity index (χ1n) is 5.30. The van der Waals surface area contributed by atoms with Crippen LogP contribution in [-0.4, -0.2) is 42.5 Å². The van der Waals surface area contributed by atoms with E-state index in [9.17, 15) is 23.1 Å². The minimum Gasteiger partial charge on any atom is -0.388 e. The Bertz CT molecular complexity index is 241. The molecule has 1 amide bonds. The third-order valence-corrected chi connectivity index (χ3v) is 2.17. The Kier molecular flexibility index (Phi) is 6.48. The van der Waals surface area contributed by atoms with Crippen molar-refractivity contribution in [3.05, 3.63) is 0 Å². The van der Waals surface area contributed by atoms with Crippen LogP contribution in [0.1, 0.15) is 26.7 Å². The maximum atomic E-state index is 11.7. The zero-order valence-electron chi connectivity index (χ0n) is 9.93. The highest BCUT2D eigenvalue weighted by atomic mass is 19.4. The second-order valence-electron chi connectivity index (χ2n) is 4.04. The summed E-state index contributed by atoms with van der Waals surface area (Å²) in [4.78, 5) is 11.1. The molecule has 102 valence electrons. The predicted molar refractivity (Wildman–Crippen MR) is 55.4 cm³/mol. The normalized spacial score (nSPS) is 15.4. The number of nitrogens with one attached hydrogen (secondary N) is 1. The van der Waals surface area contributed by atoms with Gasteiger partial charge in [0.2, 0.25) is 5.91 Å². The molecule has 0 radical (unpaired) electrons. The highest BCUT2D eigenvalue weighted by Crippen LogP contribution is 2.14. The highest BCUT2D eigenvalue weighted by Gasteiger charge is 2.27. The Morgan fingerprint density at radius 3 is 2.47 bits per heavy atom. The van der Waals surface area contributed by atoms with E-state index in [2.05, 4.69) is 10.1 Å². The van der Waals surface area contributed by atoms with Crippen molar-refractivity contribution in [2.45, 2.75) is 38.5 Å². The molecule has 2 N–H and O–H groups in total. The fourth-order valence-electron chi connectivity index (χ4n) is 0.855. The minimum absolute atomic E-state index is 0.0710. The van der Waals surface area contributed by atoms with Gasteiger partial charge in [-0.05, 0) is 13.3 Å². The summed E-state index contributed by atoms with van der Waals surface area (Å²) >= 11 is 0. The van der Waals surface area contributed by atoms with Crippen molar-refractivity contribution in [3.63, 3.8) is 0 Å². The van der Waals surface area contributed by atoms with Crippen LogP contribution < -0.4 is 5.32 Å². The van der Waals surface area contributed by atoms with Gasteiger partial charge in [0.25, 0.3) is 0 Å². The zero-order valence-corrected chi connectivity index (χ0v) is 9.93. The molecule has 0 saturated carbocycles. The topological polar surface area (TPSA) is 58.6 Å². The minimum atomic E-state index is -4.37. The largest absolute Gasteiger partial charge is 0.411 e. The van der Waals surface area contributed by atoms with E-state index in [0.29, 0.717) is 6.42 Å². The lowest BCUT2D eigenvalue weighted by Crippen LogP contribution is -2.40. The van der Waals surface area contributed by atoms with Gasteiger partial charge in [0, 0.05) is 13.0 Å². The predicted octanol–water partition coefficient (Wildman–Crippen LogP) is 1.23. The van der Waals surface area contributed by atoms with E-state index in [1.54, 1.807) is 13.8 Å². The number of rotatable bonds is 7. The molecule has 0 spiro atoms. The second kappa shape index (κ2) is 6.80. The summed E-state index contributed by atoms with van der Waals surface area (Å²) in [5, 5.41) is 12.0. The molecule has 1 atom stereocenters. The van der Waals surface area contributed by atoms with Gasteiger partial charge in [0.05, 0.1) is 12.2 Å². The van der Waals surface area contributed by atoms with Crippen LogP contribution in [0.3, 0.4) is 0 Å². The first-order chi connectivity index (χ1) is 7.66. The van der Waals surface area contributed by atoms with Gasteiger partial charge in [-0.2, -0.15) is 13.2 Å². The Labute approximate surface area is 98.1 Å². The molecule has 0 aliphatic rings. The summed E-state index contributed by atoms with van der Waals surface area (Å²) < 4.78 is 39.3. The fraction of sp³-hybridized carbons (Fsp3) is 0.900. The standard InChI is InChI=1S/C10H18F3NO3/c1-3-9(2,16)6-14-8(15)4-5-17-7-10(11,12)13/h16H,3-7H2,1-2H3,(H,14,15). The number of hydrogen-bond donors (Lipinski definition) is 2. The van der Waals surface area contributed by atoms with Gasteiger partial charge in [-0.3, -0.25) is 4.79 Å². The summed E-state index contributed by atoms with van der Waals surface area (Å²) in [5.41, 5.74) is -0.998. The van der Waals surface area contributed by atoms with Crippen molar-refractivity contribution >= 4 is 5.91 Å². The maximum absolute atomic E-state index is 11.7. The van der Waals surface area contributed by atoms with Gasteiger partial charge < -0.3 is 15.2 Å². The van der Waals surface area contributed by atoms with Gasteiger partial charge >= 0.3 is 6.18 Å². The molecule has 4 nitrogen and oxygen atoms in total. The maximum Gasteiger partial charge on any atom is 0.411 e. The van der Waals surface area contributed by atoms with Gasteiger partial charge in [0.15, 0.2) is 0 Å². The van der Waals surface area contributed by atoms with Crippen LogP contribution >= 0.6 is 0 Å². The summed E-state index contributed by atoms with van der Waals surface area (Å²) in [6, 6.07) is 0. The third-order valence-electron chi connectivity index (χ3n) is 2.17. The van der Waals surface area contributed by atoms with E-state index in [-0.39, 0.29) is 19.6 Å². The second-order valence-corrected chi connectivity index (χ2v) is 4.04. The van der Waals surface area contributed by atoms with Gasteiger partial charge in [0.1, 0.15) is 6.61 Å². The first kappa shape index (κ1) is 16.2. The third kappa shape index (κ3) is 10.1. The van der Waals surface area contributed by atoms with Crippen molar-refractivity contribution in [1.82, 2.24) is 5.32 Å². The van der Waals surface area contributed by atoms with Crippen LogP contribution in [0.25, 0.3) is 0 Å². The number of amides is 1. The molecule has 0 rings (SSSR count). The first-order valence-corrected chi connectivity index (χ1v) is 5.30. The molecule has 0 aromatic carbocycles. The van der Waals surface area contributed by atoms with Crippen LogP contribution in [0.5, 0.6) is 0 Å². The Balaban J connectivity index is 3.61. The lowest BCUT2D eigenvalue weighted by atomic mass is 10.0. The monoisotopic (exact) mass is 257 g/mol. The molecular weight excluding hydrogens is 239 g/mol. The Morgan fingerprint density at radius 2 is 2.00 bits per heavy atom. The smallest absolute Gasteiger partial charge is 0.388 e. The number of ether oxygens (including phenoxy) is 1. The number of hydrogen-bond acceptors (Lipinski definition) is 3. The van der Waals surface area contributed by atoms with Crippen LogP contribution in [0.4, 0.5) is 13.2 Å². The molecular formula is C10H18F3NO3. The van der Waals surface area contributed by atoms with E-state index in [4.69, 9.17) is 0 Å². The zero-order chi connectivity index (χ0) is 13.5.